The van der Waals surface area contributed by atoms with Crippen LogP contribution in [0.5, 0.6) is 0 Å². The molecule has 0 aromatic carbocycles. The predicted octanol–water partition coefficient (Wildman–Crippen LogP) is 4.06. The van der Waals surface area contributed by atoms with E-state index in [-0.39, 0.29) is 0 Å². The Kier molecular flexibility index (Phi) is 8.72. The van der Waals surface area contributed by atoms with Gasteiger partial charge in [0, 0.05) is 12.1 Å². The van der Waals surface area contributed by atoms with Crippen LogP contribution in [-0.2, 0) is 0 Å². The summed E-state index contributed by atoms with van der Waals surface area (Å²) in [5.41, 5.74) is 0. The highest BCUT2D eigenvalue weighted by atomic mass is 15.1. The summed E-state index contributed by atoms with van der Waals surface area (Å²) in [5, 5.41) is 3.67. The van der Waals surface area contributed by atoms with Gasteiger partial charge in [-0.3, -0.25) is 0 Å². The van der Waals surface area contributed by atoms with Gasteiger partial charge in [0.2, 0.25) is 0 Å². The van der Waals surface area contributed by atoms with Crippen molar-refractivity contribution in [3.63, 3.8) is 0 Å². The monoisotopic (exact) mass is 268 g/mol. The molecule has 0 spiro atoms. The number of hydrogen-bond donors (Lipinski definition) is 1. The quantitative estimate of drug-likeness (QED) is 0.635. The molecule has 19 heavy (non-hydrogen) atoms. The van der Waals surface area contributed by atoms with Crippen molar-refractivity contribution in [2.24, 2.45) is 5.92 Å². The molecule has 1 fully saturated rings. The summed E-state index contributed by atoms with van der Waals surface area (Å²) >= 11 is 0. The van der Waals surface area contributed by atoms with Crippen LogP contribution in [-0.4, -0.2) is 37.1 Å². The Morgan fingerprint density at radius 2 is 1.74 bits per heavy atom. The maximum absolute atomic E-state index is 3.67. The van der Waals surface area contributed by atoms with E-state index >= 15 is 0 Å². The molecule has 0 saturated heterocycles. The van der Waals surface area contributed by atoms with Gasteiger partial charge in [-0.15, -0.1) is 0 Å². The summed E-state index contributed by atoms with van der Waals surface area (Å²) < 4.78 is 0. The number of nitrogens with zero attached hydrogens (tertiary/aromatic N) is 1. The Bertz CT molecular complexity index is 209. The molecule has 0 aliphatic heterocycles. The first-order valence-corrected chi connectivity index (χ1v) is 8.53. The van der Waals surface area contributed by atoms with Gasteiger partial charge in [-0.1, -0.05) is 33.1 Å². The average molecular weight is 268 g/mol. The molecular weight excluding hydrogens is 232 g/mol. The van der Waals surface area contributed by atoms with Gasteiger partial charge in [0.25, 0.3) is 0 Å². The highest BCUT2D eigenvalue weighted by Gasteiger charge is 2.17. The highest BCUT2D eigenvalue weighted by Crippen LogP contribution is 2.21. The molecule has 0 aromatic heterocycles. The Morgan fingerprint density at radius 3 is 2.37 bits per heavy atom. The van der Waals surface area contributed by atoms with Gasteiger partial charge in [0.05, 0.1) is 0 Å². The fraction of sp³-hybridized carbons (Fsp3) is 1.00. The minimum Gasteiger partial charge on any atom is -0.314 e. The zero-order chi connectivity index (χ0) is 14.1. The summed E-state index contributed by atoms with van der Waals surface area (Å²) in [6.45, 7) is 9.38. The van der Waals surface area contributed by atoms with E-state index in [1.807, 2.05) is 0 Å². The number of hydrogen-bond acceptors (Lipinski definition) is 2. The second-order valence-corrected chi connectivity index (χ2v) is 6.95. The summed E-state index contributed by atoms with van der Waals surface area (Å²) in [4.78, 5) is 2.60. The van der Waals surface area contributed by atoms with Crippen molar-refractivity contribution < 1.29 is 0 Å². The van der Waals surface area contributed by atoms with Crippen LogP contribution in [0.2, 0.25) is 0 Å². The van der Waals surface area contributed by atoms with Gasteiger partial charge in [-0.25, -0.2) is 0 Å². The zero-order valence-corrected chi connectivity index (χ0v) is 13.8. The Labute approximate surface area is 121 Å². The molecule has 1 rings (SSSR count). The minimum absolute atomic E-state index is 0.683. The van der Waals surface area contributed by atoms with Crippen molar-refractivity contribution in [1.29, 1.82) is 0 Å². The standard InChI is InChI=1S/C17H36N2/c1-15(2)11-12-16(3)18-13-8-14-19(4)17-9-6-5-7-10-17/h15-18H,5-14H2,1-4H3. The van der Waals surface area contributed by atoms with Crippen LogP contribution < -0.4 is 5.32 Å². The molecule has 2 nitrogen and oxygen atoms in total. The molecule has 0 heterocycles. The molecule has 0 radical (unpaired) electrons. The SMILES string of the molecule is CC(C)CCC(C)NCCCN(C)C1CCCCC1. The molecule has 1 unspecified atom stereocenters. The third-order valence-electron chi connectivity index (χ3n) is 4.56. The van der Waals surface area contributed by atoms with Crippen LogP contribution in [0, 0.1) is 5.92 Å². The highest BCUT2D eigenvalue weighted by molar-refractivity contribution is 4.73. The largest absolute Gasteiger partial charge is 0.314 e. The van der Waals surface area contributed by atoms with Gasteiger partial charge in [-0.2, -0.15) is 0 Å². The van der Waals surface area contributed by atoms with Gasteiger partial charge < -0.3 is 10.2 Å². The third kappa shape index (κ3) is 7.94. The van der Waals surface area contributed by atoms with E-state index in [0.29, 0.717) is 6.04 Å². The van der Waals surface area contributed by atoms with Gasteiger partial charge >= 0.3 is 0 Å². The topological polar surface area (TPSA) is 15.3 Å². The molecule has 1 atom stereocenters. The zero-order valence-electron chi connectivity index (χ0n) is 13.8. The third-order valence-corrected chi connectivity index (χ3v) is 4.56. The van der Waals surface area contributed by atoms with E-state index < -0.39 is 0 Å². The van der Waals surface area contributed by atoms with Crippen LogP contribution in [0.15, 0.2) is 0 Å². The smallest absolute Gasteiger partial charge is 0.00922 e. The predicted molar refractivity (Wildman–Crippen MR) is 85.7 cm³/mol. The molecule has 1 aliphatic carbocycles. The first kappa shape index (κ1) is 17.0. The van der Waals surface area contributed by atoms with Crippen molar-refractivity contribution in [3.05, 3.63) is 0 Å². The molecule has 0 aromatic rings. The Hall–Kier alpha value is -0.0800. The van der Waals surface area contributed by atoms with Gasteiger partial charge in [0.1, 0.15) is 0 Å². The minimum atomic E-state index is 0.683. The molecule has 1 saturated carbocycles. The molecule has 1 aliphatic rings. The number of rotatable bonds is 9. The van der Waals surface area contributed by atoms with Crippen molar-refractivity contribution in [1.82, 2.24) is 10.2 Å². The van der Waals surface area contributed by atoms with Crippen molar-refractivity contribution in [2.75, 3.05) is 20.1 Å². The summed E-state index contributed by atoms with van der Waals surface area (Å²) in [5.74, 6) is 0.835. The normalized spacial score (nSPS) is 19.3. The van der Waals surface area contributed by atoms with E-state index in [0.717, 1.165) is 12.0 Å². The number of nitrogens with one attached hydrogen (secondary N) is 1. The van der Waals surface area contributed by atoms with Crippen LogP contribution in [0.4, 0.5) is 0 Å². The molecule has 0 bridgehead atoms. The van der Waals surface area contributed by atoms with Crippen LogP contribution in [0.1, 0.15) is 72.1 Å². The van der Waals surface area contributed by atoms with Crippen molar-refractivity contribution in [3.8, 4) is 0 Å². The van der Waals surface area contributed by atoms with E-state index in [4.69, 9.17) is 0 Å². The summed E-state index contributed by atoms with van der Waals surface area (Å²) in [6.07, 6.45) is 11.1. The second kappa shape index (κ2) is 9.77. The van der Waals surface area contributed by atoms with E-state index in [9.17, 15) is 0 Å². The van der Waals surface area contributed by atoms with Gasteiger partial charge in [0.15, 0.2) is 0 Å². The maximum atomic E-state index is 3.67. The second-order valence-electron chi connectivity index (χ2n) is 6.95. The average Bonchev–Trinajstić information content (AvgIpc) is 2.42. The lowest BCUT2D eigenvalue weighted by molar-refractivity contribution is 0.189. The first-order chi connectivity index (χ1) is 9.09. The van der Waals surface area contributed by atoms with Crippen molar-refractivity contribution in [2.45, 2.75) is 84.2 Å². The van der Waals surface area contributed by atoms with E-state index in [1.54, 1.807) is 0 Å². The molecular formula is C17H36N2. The Balaban J connectivity index is 2.00. The fourth-order valence-electron chi connectivity index (χ4n) is 3.07. The molecule has 2 heteroatoms. The van der Waals surface area contributed by atoms with E-state index in [1.165, 1.54) is 64.5 Å². The van der Waals surface area contributed by atoms with Crippen LogP contribution >= 0.6 is 0 Å². The molecule has 114 valence electrons. The van der Waals surface area contributed by atoms with Crippen molar-refractivity contribution >= 4 is 0 Å². The lowest BCUT2D eigenvalue weighted by Gasteiger charge is -2.31. The summed E-state index contributed by atoms with van der Waals surface area (Å²) in [6, 6.07) is 1.55. The fourth-order valence-corrected chi connectivity index (χ4v) is 3.07. The molecule has 0 amide bonds. The van der Waals surface area contributed by atoms with Gasteiger partial charge in [-0.05, 0) is 65.1 Å². The summed E-state index contributed by atoms with van der Waals surface area (Å²) in [7, 11) is 2.32. The Morgan fingerprint density at radius 1 is 1.05 bits per heavy atom. The maximum Gasteiger partial charge on any atom is 0.00922 e. The lowest BCUT2D eigenvalue weighted by Crippen LogP contribution is -2.36. The first-order valence-electron chi connectivity index (χ1n) is 8.53. The van der Waals surface area contributed by atoms with Crippen LogP contribution in [0.3, 0.4) is 0 Å². The van der Waals surface area contributed by atoms with Crippen LogP contribution in [0.25, 0.3) is 0 Å². The van der Waals surface area contributed by atoms with E-state index in [2.05, 4.69) is 38.0 Å². The lowest BCUT2D eigenvalue weighted by atomic mass is 9.94. The molecule has 1 N–H and O–H groups in total.